The van der Waals surface area contributed by atoms with Gasteiger partial charge in [-0.3, -0.25) is 0 Å². The Kier molecular flexibility index (Phi) is 6.20. The summed E-state index contributed by atoms with van der Waals surface area (Å²) in [4.78, 5) is 0. The third-order valence-electron chi connectivity index (χ3n) is 5.70. The molecule has 0 fully saturated rings. The van der Waals surface area contributed by atoms with Gasteiger partial charge in [-0.1, -0.05) is 42.5 Å². The lowest BCUT2D eigenvalue weighted by atomic mass is 9.87. The number of nitrogens with one attached hydrogen (secondary N) is 1. The van der Waals surface area contributed by atoms with E-state index >= 15 is 0 Å². The highest BCUT2D eigenvalue weighted by molar-refractivity contribution is 5.77. The number of benzene rings is 2. The standard InChI is InChI=1S/C21H15F12N/c1-34-15(11-6-7-14-12(9-11)8-10-4-2-3-5-13(10)14)17(24,25)19(28,29)21(32,33)20(30,31)18(26,27)16(22)23/h2-7,9,15-16,34H,8H2,1H3. The SMILES string of the molecule is CNC(c1ccc2c(c1)Cc1ccccc1-2)C(F)(F)C(F)(F)C(F)(F)C(F)(F)C(F)(F)C(F)F. The molecule has 0 aromatic heterocycles. The Morgan fingerprint density at radius 1 is 0.676 bits per heavy atom. The second kappa shape index (κ2) is 8.06. The third kappa shape index (κ3) is 3.45. The molecular weight excluding hydrogens is 494 g/mol. The summed E-state index contributed by atoms with van der Waals surface area (Å²) in [6, 6.07) is 6.70. The van der Waals surface area contributed by atoms with Gasteiger partial charge in [-0.25, -0.2) is 8.78 Å². The van der Waals surface area contributed by atoms with Gasteiger partial charge in [-0.05, 0) is 41.3 Å². The number of halogens is 12. The molecule has 1 nitrogen and oxygen atoms in total. The van der Waals surface area contributed by atoms with Crippen LogP contribution in [0.5, 0.6) is 0 Å². The van der Waals surface area contributed by atoms with Crippen LogP contribution in [0.2, 0.25) is 0 Å². The largest absolute Gasteiger partial charge is 0.384 e. The lowest BCUT2D eigenvalue weighted by molar-refractivity contribution is -0.415. The summed E-state index contributed by atoms with van der Waals surface area (Å²) in [5, 5.41) is 1.62. The van der Waals surface area contributed by atoms with E-state index in [1.54, 1.807) is 29.6 Å². The molecule has 0 saturated carbocycles. The molecular formula is C21H15F12N. The molecule has 0 amide bonds. The summed E-state index contributed by atoms with van der Waals surface area (Å²) in [5.74, 6) is -35.4. The Bertz CT molecular complexity index is 1060. The van der Waals surface area contributed by atoms with Crippen molar-refractivity contribution in [2.45, 2.75) is 48.5 Å². The minimum Gasteiger partial charge on any atom is -0.308 e. The van der Waals surface area contributed by atoms with Gasteiger partial charge in [0.05, 0.1) is 0 Å². The first kappa shape index (κ1) is 26.2. The van der Waals surface area contributed by atoms with Crippen LogP contribution in [0, 0.1) is 0 Å². The lowest BCUT2D eigenvalue weighted by Crippen LogP contribution is -2.70. The summed E-state index contributed by atoms with van der Waals surface area (Å²) in [5.41, 5.74) is 1.56. The number of hydrogen-bond donors (Lipinski definition) is 1. The van der Waals surface area contributed by atoms with Gasteiger partial charge in [-0.2, -0.15) is 43.9 Å². The summed E-state index contributed by atoms with van der Waals surface area (Å²) >= 11 is 0. The molecule has 0 bridgehead atoms. The topological polar surface area (TPSA) is 12.0 Å². The maximum Gasteiger partial charge on any atom is 0.384 e. The fraction of sp³-hybridized carbons (Fsp3) is 0.429. The zero-order valence-corrected chi connectivity index (χ0v) is 16.9. The highest BCUT2D eigenvalue weighted by Crippen LogP contribution is 2.60. The fourth-order valence-electron chi connectivity index (χ4n) is 3.84. The maximum atomic E-state index is 14.7. The maximum absolute atomic E-state index is 14.7. The smallest absolute Gasteiger partial charge is 0.308 e. The van der Waals surface area contributed by atoms with E-state index in [0.717, 1.165) is 17.7 Å². The van der Waals surface area contributed by atoms with E-state index in [-0.39, 0.29) is 6.42 Å². The van der Waals surface area contributed by atoms with E-state index in [4.69, 9.17) is 0 Å². The number of rotatable bonds is 8. The van der Waals surface area contributed by atoms with Crippen molar-refractivity contribution in [3.05, 3.63) is 59.2 Å². The van der Waals surface area contributed by atoms with Gasteiger partial charge in [0.1, 0.15) is 6.04 Å². The Morgan fingerprint density at radius 2 is 1.21 bits per heavy atom. The first-order valence-corrected chi connectivity index (χ1v) is 9.50. The van der Waals surface area contributed by atoms with E-state index in [9.17, 15) is 52.7 Å². The lowest BCUT2D eigenvalue weighted by Gasteiger charge is -2.41. The molecule has 0 radical (unpaired) electrons. The quantitative estimate of drug-likeness (QED) is 0.324. The van der Waals surface area contributed by atoms with E-state index in [1.165, 1.54) is 6.07 Å². The fourth-order valence-corrected chi connectivity index (χ4v) is 3.84. The molecule has 1 aliphatic carbocycles. The Labute approximate surface area is 184 Å². The average Bonchev–Trinajstić information content (AvgIpc) is 3.11. The average molecular weight is 509 g/mol. The first-order valence-electron chi connectivity index (χ1n) is 9.50. The van der Waals surface area contributed by atoms with Gasteiger partial charge < -0.3 is 5.32 Å². The predicted molar refractivity (Wildman–Crippen MR) is 97.2 cm³/mol. The van der Waals surface area contributed by atoms with Crippen LogP contribution >= 0.6 is 0 Å². The van der Waals surface area contributed by atoms with E-state index in [1.807, 2.05) is 0 Å². The van der Waals surface area contributed by atoms with Crippen molar-refractivity contribution in [1.29, 1.82) is 0 Å². The monoisotopic (exact) mass is 509 g/mol. The van der Waals surface area contributed by atoms with Gasteiger partial charge >= 0.3 is 36.0 Å². The van der Waals surface area contributed by atoms with Crippen molar-refractivity contribution >= 4 is 0 Å². The van der Waals surface area contributed by atoms with Crippen LogP contribution in [0.1, 0.15) is 22.7 Å². The molecule has 13 heteroatoms. The van der Waals surface area contributed by atoms with Crippen molar-refractivity contribution in [1.82, 2.24) is 5.32 Å². The molecule has 188 valence electrons. The summed E-state index contributed by atoms with van der Waals surface area (Å²) in [6.45, 7) is 0. The Hall–Kier alpha value is -2.44. The van der Waals surface area contributed by atoms with Crippen LogP contribution in [-0.4, -0.2) is 43.1 Å². The second-order valence-corrected chi connectivity index (χ2v) is 7.74. The van der Waals surface area contributed by atoms with Crippen LogP contribution in [-0.2, 0) is 6.42 Å². The van der Waals surface area contributed by atoms with Gasteiger partial charge in [-0.15, -0.1) is 0 Å². The number of hydrogen-bond acceptors (Lipinski definition) is 1. The molecule has 2 aromatic rings. The molecule has 0 heterocycles. The van der Waals surface area contributed by atoms with Crippen LogP contribution in [0.15, 0.2) is 42.5 Å². The first-order chi connectivity index (χ1) is 15.4. The molecule has 3 rings (SSSR count). The minimum absolute atomic E-state index is 0.159. The predicted octanol–water partition coefficient (Wildman–Crippen LogP) is 6.96. The summed E-state index contributed by atoms with van der Waals surface area (Å²) < 4.78 is 164. The van der Waals surface area contributed by atoms with Gasteiger partial charge in [0.15, 0.2) is 0 Å². The molecule has 1 aliphatic rings. The van der Waals surface area contributed by atoms with Crippen molar-refractivity contribution in [3.63, 3.8) is 0 Å². The third-order valence-corrected chi connectivity index (χ3v) is 5.70. The van der Waals surface area contributed by atoms with E-state index in [2.05, 4.69) is 0 Å². The normalized spacial score (nSPS) is 15.9. The molecule has 0 spiro atoms. The zero-order valence-electron chi connectivity index (χ0n) is 16.9. The molecule has 0 saturated heterocycles. The van der Waals surface area contributed by atoms with Crippen molar-refractivity contribution < 1.29 is 52.7 Å². The van der Waals surface area contributed by atoms with E-state index in [0.29, 0.717) is 23.7 Å². The van der Waals surface area contributed by atoms with E-state index < -0.39 is 47.6 Å². The molecule has 34 heavy (non-hydrogen) atoms. The molecule has 1 atom stereocenters. The van der Waals surface area contributed by atoms with Crippen molar-refractivity contribution in [2.24, 2.45) is 0 Å². The highest BCUT2D eigenvalue weighted by Gasteiger charge is 2.88. The van der Waals surface area contributed by atoms with Gasteiger partial charge in [0, 0.05) is 0 Å². The Morgan fingerprint density at radius 3 is 1.76 bits per heavy atom. The zero-order chi connectivity index (χ0) is 25.9. The molecule has 2 aromatic carbocycles. The van der Waals surface area contributed by atoms with Gasteiger partial charge in [0.2, 0.25) is 0 Å². The minimum atomic E-state index is -7.56. The van der Waals surface area contributed by atoms with Crippen molar-refractivity contribution in [3.8, 4) is 11.1 Å². The molecule has 1 unspecified atom stereocenters. The van der Waals surface area contributed by atoms with Crippen LogP contribution in [0.3, 0.4) is 0 Å². The van der Waals surface area contributed by atoms with Crippen LogP contribution in [0.4, 0.5) is 52.7 Å². The number of alkyl halides is 12. The highest BCUT2D eigenvalue weighted by atomic mass is 19.4. The van der Waals surface area contributed by atoms with Gasteiger partial charge in [0.25, 0.3) is 0 Å². The molecule has 0 aliphatic heterocycles. The summed E-state index contributed by atoms with van der Waals surface area (Å²) in [6.07, 6.45) is -5.37. The van der Waals surface area contributed by atoms with Crippen LogP contribution in [0.25, 0.3) is 11.1 Å². The second-order valence-electron chi connectivity index (χ2n) is 7.74. The summed E-state index contributed by atoms with van der Waals surface area (Å²) in [7, 11) is 0.626. The molecule has 1 N–H and O–H groups in total. The van der Waals surface area contributed by atoms with Crippen LogP contribution < -0.4 is 5.32 Å². The number of fused-ring (bicyclic) bond motifs is 3. The Balaban J connectivity index is 2.04. The van der Waals surface area contributed by atoms with Crippen molar-refractivity contribution in [2.75, 3.05) is 7.05 Å².